The van der Waals surface area contributed by atoms with Crippen LogP contribution in [0.4, 0.5) is 0 Å². The highest BCUT2D eigenvalue weighted by atomic mass is 32.2. The summed E-state index contributed by atoms with van der Waals surface area (Å²) in [5, 5.41) is 3.39. The van der Waals surface area contributed by atoms with Crippen LogP contribution in [0.5, 0.6) is 5.75 Å². The molecule has 1 heterocycles. The van der Waals surface area contributed by atoms with Crippen molar-refractivity contribution < 1.29 is 22.7 Å². The number of methoxy groups -OCH3 is 1. The van der Waals surface area contributed by atoms with Gasteiger partial charge in [0.2, 0.25) is 15.9 Å². The summed E-state index contributed by atoms with van der Waals surface area (Å²) in [6, 6.07) is 4.29. The number of ether oxygens (including phenoxy) is 2. The van der Waals surface area contributed by atoms with Gasteiger partial charge >= 0.3 is 0 Å². The number of hydrogen-bond donors (Lipinski definition) is 1. The largest absolute Gasteiger partial charge is 0.497 e. The van der Waals surface area contributed by atoms with Crippen molar-refractivity contribution >= 4 is 15.9 Å². The topological polar surface area (TPSA) is 91.4 Å². The molecule has 1 saturated heterocycles. The zero-order valence-corrected chi connectivity index (χ0v) is 22.7. The molecule has 0 bridgehead atoms. The number of carbonyl (C=O) groups is 1. The molecule has 0 unspecified atom stereocenters. The molecule has 3 rings (SSSR count). The van der Waals surface area contributed by atoms with E-state index in [0.717, 1.165) is 45.4 Å². The number of carbonyl (C=O) groups excluding carboxylic acids is 1. The smallest absolute Gasteiger partial charge is 0.248 e. The van der Waals surface area contributed by atoms with Gasteiger partial charge in [-0.2, -0.15) is 0 Å². The molecule has 198 valence electrons. The van der Waals surface area contributed by atoms with E-state index >= 15 is 0 Å². The fourth-order valence-electron chi connectivity index (χ4n) is 5.23. The molecule has 1 aliphatic heterocycles. The van der Waals surface area contributed by atoms with Gasteiger partial charge in [-0.1, -0.05) is 0 Å². The summed E-state index contributed by atoms with van der Waals surface area (Å²) in [6.45, 7) is 8.47. The molecule has 0 radical (unpaired) electrons. The minimum absolute atomic E-state index is 0.0126. The number of piperazine rings is 1. The highest BCUT2D eigenvalue weighted by molar-refractivity contribution is 7.89. The highest BCUT2D eigenvalue weighted by Crippen LogP contribution is 2.29. The van der Waals surface area contributed by atoms with E-state index in [4.69, 9.17) is 9.47 Å². The van der Waals surface area contributed by atoms with Crippen LogP contribution < -0.4 is 10.1 Å². The summed E-state index contributed by atoms with van der Waals surface area (Å²) in [5.74, 6) is 0.628. The maximum atomic E-state index is 13.1. The first-order valence-electron chi connectivity index (χ1n) is 12.5. The molecule has 2 fully saturated rings. The third kappa shape index (κ3) is 6.95. The standard InChI is InChI=1S/C25H42N4O5S/c1-19-15-23(33-5)16-20(2)25(19)35(31,32)27(3)11-6-14-34-18-24(30)28(4)21-7-8-22(17-21)29-12-9-26-10-13-29/h15-16,21-22,26H,6-14,17-18H2,1-5H3/t21-,22+/m1/s1. The minimum atomic E-state index is -3.63. The maximum absolute atomic E-state index is 13.1. The van der Waals surface area contributed by atoms with Crippen LogP contribution in [0.15, 0.2) is 17.0 Å². The molecule has 0 aromatic heterocycles. The van der Waals surface area contributed by atoms with Gasteiger partial charge in [0.1, 0.15) is 12.4 Å². The number of nitrogens with zero attached hydrogens (tertiary/aromatic N) is 3. The van der Waals surface area contributed by atoms with Crippen molar-refractivity contribution in [1.82, 2.24) is 19.4 Å². The molecule has 2 atom stereocenters. The van der Waals surface area contributed by atoms with Crippen LogP contribution in [0.25, 0.3) is 0 Å². The molecule has 1 amide bonds. The Kier molecular flexibility index (Phi) is 9.94. The minimum Gasteiger partial charge on any atom is -0.497 e. The predicted molar refractivity (Wildman–Crippen MR) is 136 cm³/mol. The van der Waals surface area contributed by atoms with E-state index < -0.39 is 10.0 Å². The summed E-state index contributed by atoms with van der Waals surface area (Å²) in [6.07, 6.45) is 3.70. The molecule has 1 N–H and O–H groups in total. The Bertz CT molecular complexity index is 942. The lowest BCUT2D eigenvalue weighted by molar-refractivity contribution is -0.136. The number of aryl methyl sites for hydroxylation is 2. The number of nitrogens with one attached hydrogen (secondary N) is 1. The van der Waals surface area contributed by atoms with Crippen molar-refractivity contribution in [2.45, 2.75) is 56.5 Å². The van der Waals surface area contributed by atoms with Crippen LogP contribution in [-0.2, 0) is 19.6 Å². The zero-order valence-electron chi connectivity index (χ0n) is 21.9. The molecular formula is C25H42N4O5S. The van der Waals surface area contributed by atoms with Gasteiger partial charge in [0, 0.05) is 65.5 Å². The van der Waals surface area contributed by atoms with Gasteiger partial charge in [-0.15, -0.1) is 0 Å². The van der Waals surface area contributed by atoms with Crippen LogP contribution in [-0.4, -0.2) is 108 Å². The van der Waals surface area contributed by atoms with Gasteiger partial charge in [-0.05, 0) is 62.8 Å². The maximum Gasteiger partial charge on any atom is 0.248 e. The number of likely N-dealkylation sites (N-methyl/N-ethyl adjacent to an activating group) is 1. The van der Waals surface area contributed by atoms with E-state index in [1.54, 1.807) is 40.1 Å². The van der Waals surface area contributed by atoms with Gasteiger partial charge in [-0.25, -0.2) is 12.7 Å². The summed E-state index contributed by atoms with van der Waals surface area (Å²) in [5.41, 5.74) is 1.31. The van der Waals surface area contributed by atoms with Crippen LogP contribution in [0.3, 0.4) is 0 Å². The third-order valence-electron chi connectivity index (χ3n) is 7.31. The number of amides is 1. The molecule has 2 aliphatic rings. The Balaban J connectivity index is 1.40. The van der Waals surface area contributed by atoms with E-state index in [1.807, 2.05) is 11.9 Å². The van der Waals surface area contributed by atoms with E-state index in [0.29, 0.717) is 47.4 Å². The van der Waals surface area contributed by atoms with Crippen LogP contribution >= 0.6 is 0 Å². The van der Waals surface area contributed by atoms with Crippen molar-refractivity contribution in [3.63, 3.8) is 0 Å². The number of sulfonamides is 1. The molecule has 1 aromatic carbocycles. The lowest BCUT2D eigenvalue weighted by Crippen LogP contribution is -2.48. The van der Waals surface area contributed by atoms with E-state index in [-0.39, 0.29) is 18.6 Å². The second-order valence-electron chi connectivity index (χ2n) is 9.73. The van der Waals surface area contributed by atoms with Gasteiger partial charge in [0.15, 0.2) is 0 Å². The number of benzene rings is 1. The van der Waals surface area contributed by atoms with E-state index in [9.17, 15) is 13.2 Å². The molecular weight excluding hydrogens is 468 g/mol. The average molecular weight is 511 g/mol. The molecule has 35 heavy (non-hydrogen) atoms. The van der Waals surface area contributed by atoms with Crippen molar-refractivity contribution in [2.75, 3.05) is 67.1 Å². The molecule has 1 saturated carbocycles. The third-order valence-corrected chi connectivity index (χ3v) is 9.47. The Labute approximate surface area is 210 Å². The lowest BCUT2D eigenvalue weighted by atomic mass is 10.1. The van der Waals surface area contributed by atoms with E-state index in [1.165, 1.54) is 4.31 Å². The van der Waals surface area contributed by atoms with Crippen molar-refractivity contribution in [3.05, 3.63) is 23.3 Å². The predicted octanol–water partition coefficient (Wildman–Crippen LogP) is 1.62. The van der Waals surface area contributed by atoms with Crippen molar-refractivity contribution in [2.24, 2.45) is 0 Å². The number of rotatable bonds is 11. The fourth-order valence-corrected chi connectivity index (χ4v) is 6.84. The monoisotopic (exact) mass is 510 g/mol. The van der Waals surface area contributed by atoms with Gasteiger partial charge < -0.3 is 19.7 Å². The summed E-state index contributed by atoms with van der Waals surface area (Å²) in [4.78, 5) is 17.3. The number of hydrogen-bond acceptors (Lipinski definition) is 7. The second-order valence-corrected chi connectivity index (χ2v) is 11.7. The summed E-state index contributed by atoms with van der Waals surface area (Å²) in [7, 11) is 1.38. The second kappa shape index (κ2) is 12.5. The van der Waals surface area contributed by atoms with Crippen LogP contribution in [0.2, 0.25) is 0 Å². The Morgan fingerprint density at radius 1 is 1.14 bits per heavy atom. The highest BCUT2D eigenvalue weighted by Gasteiger charge is 2.33. The first-order valence-corrected chi connectivity index (χ1v) is 14.0. The lowest BCUT2D eigenvalue weighted by Gasteiger charge is -2.33. The van der Waals surface area contributed by atoms with Crippen molar-refractivity contribution in [1.29, 1.82) is 0 Å². The van der Waals surface area contributed by atoms with Gasteiger partial charge in [-0.3, -0.25) is 9.69 Å². The average Bonchev–Trinajstić information content (AvgIpc) is 3.33. The SMILES string of the molecule is COc1cc(C)c(S(=O)(=O)N(C)CCCOCC(=O)N(C)[C@@H]2CC[C@H](N3CCNCC3)C2)c(C)c1. The molecule has 1 aromatic rings. The Morgan fingerprint density at radius 3 is 2.43 bits per heavy atom. The zero-order chi connectivity index (χ0) is 25.6. The van der Waals surface area contributed by atoms with Gasteiger partial charge in [0.25, 0.3) is 0 Å². The first kappa shape index (κ1) is 27.9. The summed E-state index contributed by atoms with van der Waals surface area (Å²) >= 11 is 0. The Hall–Kier alpha value is -1.72. The fraction of sp³-hybridized carbons (Fsp3) is 0.720. The molecule has 0 spiro atoms. The summed E-state index contributed by atoms with van der Waals surface area (Å²) < 4.78 is 38.4. The van der Waals surface area contributed by atoms with Crippen LogP contribution in [0, 0.1) is 13.8 Å². The first-order chi connectivity index (χ1) is 16.6. The Morgan fingerprint density at radius 2 is 1.80 bits per heavy atom. The van der Waals surface area contributed by atoms with Crippen molar-refractivity contribution in [3.8, 4) is 5.75 Å². The quantitative estimate of drug-likeness (QED) is 0.453. The molecule has 10 heteroatoms. The van der Waals surface area contributed by atoms with Crippen LogP contribution in [0.1, 0.15) is 36.8 Å². The molecule has 9 nitrogen and oxygen atoms in total. The molecule has 1 aliphatic carbocycles. The van der Waals surface area contributed by atoms with Gasteiger partial charge in [0.05, 0.1) is 12.0 Å². The van der Waals surface area contributed by atoms with E-state index in [2.05, 4.69) is 10.2 Å². The normalized spacial score (nSPS) is 21.4.